The molecule has 7 heteroatoms. The molecule has 2 aromatic rings. The average molecular weight is 461 g/mol. The first-order valence-electron chi connectivity index (χ1n) is 12.4. The lowest BCUT2D eigenvalue weighted by Gasteiger charge is -2.29. The third kappa shape index (κ3) is 15.1. The number of nitro groups is 1. The van der Waals surface area contributed by atoms with E-state index >= 15 is 0 Å². The van der Waals surface area contributed by atoms with Crippen LogP contribution in [0.4, 0.5) is 5.82 Å². The number of ether oxygens (including phenoxy) is 1. The number of aryl methyl sites for hydroxylation is 1. The molecule has 0 saturated heterocycles. The number of aromatic nitrogens is 2. The average Bonchev–Trinajstić information content (AvgIpc) is 3.23. The SMILES string of the molecule is CCCCCCCCCCCC[N+](C)(C)CCOc1ccccc1.Cc1nc([N+](=O)[O-])c[n-]1. The van der Waals surface area contributed by atoms with Crippen LogP contribution in [0.5, 0.6) is 5.75 Å². The van der Waals surface area contributed by atoms with E-state index in [1.54, 1.807) is 6.92 Å². The summed E-state index contributed by atoms with van der Waals surface area (Å²) < 4.78 is 6.89. The van der Waals surface area contributed by atoms with Crippen molar-refractivity contribution in [2.24, 2.45) is 0 Å². The molecule has 0 amide bonds. The Bertz CT molecular complexity index is 747. The monoisotopic (exact) mass is 460 g/mol. The fourth-order valence-corrected chi connectivity index (χ4v) is 3.53. The first-order valence-corrected chi connectivity index (χ1v) is 12.4. The van der Waals surface area contributed by atoms with Crippen LogP contribution in [0, 0.1) is 17.0 Å². The molecule has 0 bridgehead atoms. The molecule has 186 valence electrons. The predicted octanol–water partition coefficient (Wildman–Crippen LogP) is 6.32. The Labute approximate surface area is 200 Å². The summed E-state index contributed by atoms with van der Waals surface area (Å²) in [7, 11) is 4.64. The lowest BCUT2D eigenvalue weighted by Crippen LogP contribution is -2.43. The van der Waals surface area contributed by atoms with Gasteiger partial charge in [0.15, 0.2) is 5.82 Å². The van der Waals surface area contributed by atoms with Gasteiger partial charge in [-0.2, -0.15) is 0 Å². The maximum atomic E-state index is 9.92. The van der Waals surface area contributed by atoms with E-state index in [2.05, 4.69) is 31.0 Å². The van der Waals surface area contributed by atoms with Gasteiger partial charge in [-0.15, -0.1) is 0 Å². The smallest absolute Gasteiger partial charge is 0.159 e. The molecule has 0 N–H and O–H groups in total. The molecular formula is C26H44N4O3. The molecule has 2 rings (SSSR count). The number of imidazole rings is 1. The minimum absolute atomic E-state index is 0.187. The minimum Gasteiger partial charge on any atom is -0.488 e. The van der Waals surface area contributed by atoms with Crippen LogP contribution in [-0.4, -0.2) is 48.2 Å². The van der Waals surface area contributed by atoms with Crippen molar-refractivity contribution in [1.29, 1.82) is 0 Å². The molecule has 1 aromatic carbocycles. The van der Waals surface area contributed by atoms with Crippen molar-refractivity contribution in [2.45, 2.75) is 78.1 Å². The second-order valence-corrected chi connectivity index (χ2v) is 9.26. The molecule has 0 atom stereocenters. The number of quaternary nitrogens is 1. The molecule has 0 aliphatic carbocycles. The second kappa shape index (κ2) is 17.1. The minimum atomic E-state index is -0.569. The van der Waals surface area contributed by atoms with Crippen molar-refractivity contribution in [1.82, 2.24) is 9.97 Å². The number of nitrogens with zero attached hydrogens (tertiary/aromatic N) is 4. The van der Waals surface area contributed by atoms with Crippen LogP contribution in [0.25, 0.3) is 0 Å². The van der Waals surface area contributed by atoms with Gasteiger partial charge in [0, 0.05) is 0 Å². The number of unbranched alkanes of at least 4 members (excludes halogenated alkanes) is 9. The van der Waals surface area contributed by atoms with Crippen molar-refractivity contribution in [3.8, 4) is 5.75 Å². The van der Waals surface area contributed by atoms with E-state index in [9.17, 15) is 10.1 Å². The summed E-state index contributed by atoms with van der Waals surface area (Å²) >= 11 is 0. The molecule has 0 unspecified atom stereocenters. The predicted molar refractivity (Wildman–Crippen MR) is 135 cm³/mol. The summed E-state index contributed by atoms with van der Waals surface area (Å²) in [6.07, 6.45) is 15.2. The number of hydrogen-bond acceptors (Lipinski definition) is 4. The van der Waals surface area contributed by atoms with Crippen LogP contribution >= 0.6 is 0 Å². The van der Waals surface area contributed by atoms with Crippen LogP contribution < -0.4 is 9.72 Å². The van der Waals surface area contributed by atoms with Gasteiger partial charge < -0.3 is 29.3 Å². The molecule has 0 saturated carbocycles. The van der Waals surface area contributed by atoms with Crippen molar-refractivity contribution < 1.29 is 14.1 Å². The number of likely N-dealkylation sites (N-methyl/N-ethyl adjacent to an activating group) is 1. The van der Waals surface area contributed by atoms with Crippen LogP contribution in [0.15, 0.2) is 36.5 Å². The lowest BCUT2D eigenvalue weighted by molar-refractivity contribution is -0.890. The molecule has 0 spiro atoms. The van der Waals surface area contributed by atoms with Gasteiger partial charge in [-0.25, -0.2) is 0 Å². The van der Waals surface area contributed by atoms with Crippen LogP contribution in [0.3, 0.4) is 0 Å². The van der Waals surface area contributed by atoms with Gasteiger partial charge in [-0.3, -0.25) is 0 Å². The Kier molecular flexibility index (Phi) is 14.8. The molecule has 7 nitrogen and oxygen atoms in total. The molecule has 0 aliphatic heterocycles. The summed E-state index contributed by atoms with van der Waals surface area (Å²) in [5.41, 5.74) is 0. The van der Waals surface area contributed by atoms with Gasteiger partial charge in [0.25, 0.3) is 0 Å². The van der Waals surface area contributed by atoms with Crippen molar-refractivity contribution in [3.05, 3.63) is 52.5 Å². The Morgan fingerprint density at radius 1 is 0.939 bits per heavy atom. The summed E-state index contributed by atoms with van der Waals surface area (Å²) in [5, 5.41) is 9.92. The van der Waals surface area contributed by atoms with E-state index < -0.39 is 4.92 Å². The fourth-order valence-electron chi connectivity index (χ4n) is 3.53. The maximum Gasteiger partial charge on any atom is 0.159 e. The van der Waals surface area contributed by atoms with Gasteiger partial charge in [-0.05, 0) is 38.1 Å². The third-order valence-electron chi connectivity index (χ3n) is 5.66. The van der Waals surface area contributed by atoms with Gasteiger partial charge in [0.05, 0.1) is 20.6 Å². The van der Waals surface area contributed by atoms with E-state index in [1.165, 1.54) is 70.8 Å². The lowest BCUT2D eigenvalue weighted by atomic mass is 10.1. The van der Waals surface area contributed by atoms with E-state index in [1.807, 2.05) is 30.3 Å². The first-order chi connectivity index (χ1) is 15.8. The van der Waals surface area contributed by atoms with E-state index in [-0.39, 0.29) is 5.82 Å². The van der Waals surface area contributed by atoms with E-state index in [0.29, 0.717) is 5.82 Å². The van der Waals surface area contributed by atoms with Gasteiger partial charge in [0.1, 0.15) is 18.9 Å². The summed E-state index contributed by atoms with van der Waals surface area (Å²) in [5.74, 6) is 1.23. The quantitative estimate of drug-likeness (QED) is 0.127. The van der Waals surface area contributed by atoms with Crippen molar-refractivity contribution in [3.63, 3.8) is 0 Å². The highest BCUT2D eigenvalue weighted by atomic mass is 16.6. The van der Waals surface area contributed by atoms with Gasteiger partial charge >= 0.3 is 0 Å². The Morgan fingerprint density at radius 3 is 2.00 bits per heavy atom. The highest BCUT2D eigenvalue weighted by Gasteiger charge is 2.14. The van der Waals surface area contributed by atoms with Crippen LogP contribution in [0.2, 0.25) is 0 Å². The summed E-state index contributed by atoms with van der Waals surface area (Å²) in [6, 6.07) is 10.1. The zero-order chi connectivity index (χ0) is 24.4. The summed E-state index contributed by atoms with van der Waals surface area (Å²) in [6.45, 7) is 7.02. The number of benzene rings is 1. The largest absolute Gasteiger partial charge is 0.488 e. The number of para-hydroxylation sites is 1. The van der Waals surface area contributed by atoms with Crippen LogP contribution in [-0.2, 0) is 0 Å². The Balaban J connectivity index is 0.000000502. The Hall–Kier alpha value is -2.41. The third-order valence-corrected chi connectivity index (χ3v) is 5.66. The Morgan fingerprint density at radius 2 is 1.52 bits per heavy atom. The topological polar surface area (TPSA) is 79.4 Å². The molecule has 1 heterocycles. The zero-order valence-electron chi connectivity index (χ0n) is 21.2. The van der Waals surface area contributed by atoms with Gasteiger partial charge in [-0.1, -0.05) is 87.2 Å². The normalized spacial score (nSPS) is 11.0. The molecule has 0 fully saturated rings. The molecule has 33 heavy (non-hydrogen) atoms. The molecule has 0 radical (unpaired) electrons. The van der Waals surface area contributed by atoms with Gasteiger partial charge in [0.2, 0.25) is 0 Å². The second-order valence-electron chi connectivity index (χ2n) is 9.26. The first kappa shape index (κ1) is 28.6. The van der Waals surface area contributed by atoms with Crippen molar-refractivity contribution in [2.75, 3.05) is 33.8 Å². The fraction of sp³-hybridized carbons (Fsp3) is 0.654. The van der Waals surface area contributed by atoms with Crippen molar-refractivity contribution >= 4 is 5.82 Å². The highest BCUT2D eigenvalue weighted by molar-refractivity contribution is 5.20. The maximum absolute atomic E-state index is 9.92. The number of hydrogen-bond donors (Lipinski definition) is 0. The standard InChI is InChI=1S/C22H40NO.C4H4N3O2/c1-4-5-6-7-8-9-10-11-12-16-19-23(2,3)20-21-24-22-17-14-13-15-18-22;1-3-5-2-4(6-3)7(8)9/h13-15,17-18H,4-12,16,19-21H2,1-3H3;2H,1H3/q+1;-1. The van der Waals surface area contributed by atoms with E-state index in [0.717, 1.165) is 29.6 Å². The molecule has 0 aliphatic rings. The molecular weight excluding hydrogens is 416 g/mol. The highest BCUT2D eigenvalue weighted by Crippen LogP contribution is 2.12. The molecule has 1 aromatic heterocycles. The number of rotatable bonds is 16. The van der Waals surface area contributed by atoms with E-state index in [4.69, 9.17) is 4.74 Å². The summed E-state index contributed by atoms with van der Waals surface area (Å²) in [4.78, 5) is 16.4. The zero-order valence-corrected chi connectivity index (χ0v) is 21.2. The van der Waals surface area contributed by atoms with Crippen LogP contribution in [0.1, 0.15) is 77.0 Å².